The van der Waals surface area contributed by atoms with Crippen LogP contribution >= 0.6 is 15.9 Å². The smallest absolute Gasteiger partial charge is 0.213 e. The normalized spacial score (nSPS) is 20.5. The molecule has 2 aliphatic rings. The largest absolute Gasteiger partial charge is 0.464 e. The van der Waals surface area contributed by atoms with E-state index in [1.807, 2.05) is 41.4 Å². The number of benzene rings is 3. The SMILES string of the molecule is Fc1ccc(C2=NN3[C@@H](C2)c2ccccc2O[C@H]3c2cccc(Br)c2)cc1. The topological polar surface area (TPSA) is 24.8 Å². The summed E-state index contributed by atoms with van der Waals surface area (Å²) in [6.45, 7) is 0. The number of hydrogen-bond donors (Lipinski definition) is 0. The number of halogens is 2. The summed E-state index contributed by atoms with van der Waals surface area (Å²) in [5.41, 5.74) is 4.05. The predicted octanol–water partition coefficient (Wildman–Crippen LogP) is 5.83. The van der Waals surface area contributed by atoms with Crippen LogP contribution in [-0.2, 0) is 0 Å². The molecule has 0 N–H and O–H groups in total. The molecule has 0 amide bonds. The van der Waals surface area contributed by atoms with Crippen LogP contribution in [0.15, 0.2) is 82.4 Å². The van der Waals surface area contributed by atoms with Crippen LogP contribution in [0.25, 0.3) is 0 Å². The van der Waals surface area contributed by atoms with Crippen molar-refractivity contribution in [3.05, 3.63) is 99.8 Å². The highest BCUT2D eigenvalue weighted by molar-refractivity contribution is 9.10. The first kappa shape index (κ1) is 16.5. The Morgan fingerprint density at radius 3 is 2.63 bits per heavy atom. The van der Waals surface area contributed by atoms with E-state index >= 15 is 0 Å². The molecule has 3 aromatic rings. The van der Waals surface area contributed by atoms with Crippen molar-refractivity contribution in [2.75, 3.05) is 0 Å². The number of hydrazone groups is 1. The van der Waals surface area contributed by atoms with E-state index in [2.05, 4.69) is 28.1 Å². The maximum absolute atomic E-state index is 13.3. The van der Waals surface area contributed by atoms with Gasteiger partial charge in [-0.05, 0) is 35.9 Å². The Balaban J connectivity index is 1.60. The van der Waals surface area contributed by atoms with Crippen molar-refractivity contribution >= 4 is 21.6 Å². The molecule has 0 radical (unpaired) electrons. The van der Waals surface area contributed by atoms with Crippen LogP contribution in [0.4, 0.5) is 4.39 Å². The van der Waals surface area contributed by atoms with E-state index in [9.17, 15) is 4.39 Å². The van der Waals surface area contributed by atoms with Crippen molar-refractivity contribution in [3.8, 4) is 5.75 Å². The van der Waals surface area contributed by atoms with Gasteiger partial charge in [0, 0.05) is 22.0 Å². The van der Waals surface area contributed by atoms with Gasteiger partial charge in [-0.25, -0.2) is 9.40 Å². The van der Waals surface area contributed by atoms with Gasteiger partial charge in [-0.2, -0.15) is 5.10 Å². The number of rotatable bonds is 2. The summed E-state index contributed by atoms with van der Waals surface area (Å²) in [6, 6.07) is 22.8. The lowest BCUT2D eigenvalue weighted by Gasteiger charge is -2.38. The highest BCUT2D eigenvalue weighted by Gasteiger charge is 2.40. The average Bonchev–Trinajstić information content (AvgIpc) is 3.13. The fraction of sp³-hybridized carbons (Fsp3) is 0.136. The van der Waals surface area contributed by atoms with Crippen LogP contribution in [0.2, 0.25) is 0 Å². The number of fused-ring (bicyclic) bond motifs is 3. The van der Waals surface area contributed by atoms with Crippen molar-refractivity contribution < 1.29 is 9.13 Å². The van der Waals surface area contributed by atoms with Crippen LogP contribution in [-0.4, -0.2) is 10.7 Å². The number of nitrogens with zero attached hydrogens (tertiary/aromatic N) is 2. The Hall–Kier alpha value is -2.66. The molecule has 0 fully saturated rings. The molecule has 2 atom stereocenters. The molecule has 3 aromatic carbocycles. The number of para-hydroxylation sites is 1. The molecule has 3 nitrogen and oxygen atoms in total. The molecule has 0 saturated carbocycles. The zero-order chi connectivity index (χ0) is 18.4. The van der Waals surface area contributed by atoms with Gasteiger partial charge in [-0.1, -0.05) is 58.4 Å². The van der Waals surface area contributed by atoms with Crippen LogP contribution in [0, 0.1) is 5.82 Å². The van der Waals surface area contributed by atoms with E-state index in [0.29, 0.717) is 0 Å². The van der Waals surface area contributed by atoms with E-state index in [1.54, 1.807) is 12.1 Å². The van der Waals surface area contributed by atoms with E-state index in [1.165, 1.54) is 12.1 Å². The maximum Gasteiger partial charge on any atom is 0.213 e. The summed E-state index contributed by atoms with van der Waals surface area (Å²) in [7, 11) is 0. The summed E-state index contributed by atoms with van der Waals surface area (Å²) in [5.74, 6) is 0.648. The van der Waals surface area contributed by atoms with Gasteiger partial charge in [0.15, 0.2) is 0 Å². The molecule has 2 aliphatic heterocycles. The quantitative estimate of drug-likeness (QED) is 0.518. The molecule has 0 aliphatic carbocycles. The second kappa shape index (κ2) is 6.50. The van der Waals surface area contributed by atoms with Gasteiger partial charge in [0.2, 0.25) is 6.23 Å². The molecule has 0 aromatic heterocycles. The molecule has 0 unspecified atom stereocenters. The van der Waals surface area contributed by atoms with Gasteiger partial charge in [0.05, 0.1) is 11.8 Å². The minimum Gasteiger partial charge on any atom is -0.464 e. The molecule has 134 valence electrons. The standard InChI is InChI=1S/C22H16BrFN2O/c23-16-5-3-4-15(12-16)22-26-20(18-6-1-2-7-21(18)27-22)13-19(25-26)14-8-10-17(24)11-9-14/h1-12,20,22H,13H2/t20-,22-/m0/s1. The van der Waals surface area contributed by atoms with Gasteiger partial charge < -0.3 is 4.74 Å². The third-order valence-corrected chi connectivity index (χ3v) is 5.50. The Morgan fingerprint density at radius 2 is 1.81 bits per heavy atom. The second-order valence-electron chi connectivity index (χ2n) is 6.72. The Labute approximate surface area is 165 Å². The number of hydrogen-bond acceptors (Lipinski definition) is 3. The summed E-state index contributed by atoms with van der Waals surface area (Å²) in [6.07, 6.45) is 0.455. The molecule has 5 rings (SSSR count). The van der Waals surface area contributed by atoms with E-state index in [-0.39, 0.29) is 18.1 Å². The summed E-state index contributed by atoms with van der Waals surface area (Å²) in [4.78, 5) is 0. The maximum atomic E-state index is 13.3. The molecule has 0 spiro atoms. The van der Waals surface area contributed by atoms with Crippen molar-refractivity contribution in [1.29, 1.82) is 0 Å². The highest BCUT2D eigenvalue weighted by atomic mass is 79.9. The van der Waals surface area contributed by atoms with Gasteiger partial charge in [0.1, 0.15) is 11.6 Å². The molecule has 2 heterocycles. The third kappa shape index (κ3) is 2.92. The molecule has 0 saturated heterocycles. The van der Waals surface area contributed by atoms with Crippen LogP contribution in [0.5, 0.6) is 5.75 Å². The first-order valence-corrected chi connectivity index (χ1v) is 9.61. The molecular weight excluding hydrogens is 407 g/mol. The molecule has 0 bridgehead atoms. The van der Waals surface area contributed by atoms with E-state index < -0.39 is 0 Å². The fourth-order valence-electron chi connectivity index (χ4n) is 3.73. The zero-order valence-electron chi connectivity index (χ0n) is 14.3. The average molecular weight is 423 g/mol. The lowest BCUT2D eigenvalue weighted by Crippen LogP contribution is -2.33. The second-order valence-corrected chi connectivity index (χ2v) is 7.63. The first-order valence-electron chi connectivity index (χ1n) is 8.82. The highest BCUT2D eigenvalue weighted by Crippen LogP contribution is 2.47. The first-order chi connectivity index (χ1) is 13.2. The van der Waals surface area contributed by atoms with E-state index in [4.69, 9.17) is 9.84 Å². The fourth-order valence-corrected chi connectivity index (χ4v) is 4.15. The summed E-state index contributed by atoms with van der Waals surface area (Å²) in [5, 5.41) is 6.91. The van der Waals surface area contributed by atoms with Gasteiger partial charge >= 0.3 is 0 Å². The minimum absolute atomic E-state index is 0.0963. The van der Waals surface area contributed by atoms with E-state index in [0.717, 1.165) is 39.0 Å². The van der Waals surface area contributed by atoms with Crippen molar-refractivity contribution in [1.82, 2.24) is 5.01 Å². The van der Waals surface area contributed by atoms with Gasteiger partial charge in [0.25, 0.3) is 0 Å². The Bertz CT molecular complexity index is 1030. The minimum atomic E-state index is -0.305. The van der Waals surface area contributed by atoms with Crippen molar-refractivity contribution in [3.63, 3.8) is 0 Å². The molecule has 5 heteroatoms. The monoisotopic (exact) mass is 422 g/mol. The Kier molecular flexibility index (Phi) is 3.97. The van der Waals surface area contributed by atoms with Crippen LogP contribution < -0.4 is 4.74 Å². The van der Waals surface area contributed by atoms with Gasteiger partial charge in [-0.15, -0.1) is 0 Å². The van der Waals surface area contributed by atoms with Crippen LogP contribution in [0.1, 0.15) is 35.4 Å². The Morgan fingerprint density at radius 1 is 1.00 bits per heavy atom. The number of ether oxygens (including phenoxy) is 1. The lowest BCUT2D eigenvalue weighted by atomic mass is 9.96. The third-order valence-electron chi connectivity index (χ3n) is 5.01. The molecular formula is C22H16BrFN2O. The summed E-state index contributed by atoms with van der Waals surface area (Å²) >= 11 is 3.54. The van der Waals surface area contributed by atoms with Gasteiger partial charge in [-0.3, -0.25) is 0 Å². The van der Waals surface area contributed by atoms with Crippen LogP contribution in [0.3, 0.4) is 0 Å². The van der Waals surface area contributed by atoms with Crippen molar-refractivity contribution in [2.45, 2.75) is 18.7 Å². The van der Waals surface area contributed by atoms with Crippen molar-refractivity contribution in [2.24, 2.45) is 5.10 Å². The zero-order valence-corrected chi connectivity index (χ0v) is 15.9. The summed E-state index contributed by atoms with van der Waals surface area (Å²) < 4.78 is 20.6. The molecule has 27 heavy (non-hydrogen) atoms. The lowest BCUT2D eigenvalue weighted by molar-refractivity contribution is -0.0190. The predicted molar refractivity (Wildman–Crippen MR) is 106 cm³/mol.